The zero-order valence-electron chi connectivity index (χ0n) is 7.27. The molecule has 0 saturated heterocycles. The van der Waals surface area contributed by atoms with E-state index in [0.29, 0.717) is 0 Å². The molecule has 3 N–H and O–H groups in total. The molecule has 0 aliphatic heterocycles. The van der Waals surface area contributed by atoms with Crippen molar-refractivity contribution in [1.29, 1.82) is 0 Å². The van der Waals surface area contributed by atoms with Crippen LogP contribution in [0.2, 0.25) is 0 Å². The first-order chi connectivity index (χ1) is 6.57. The highest BCUT2D eigenvalue weighted by molar-refractivity contribution is 5.94. The number of phenolic OH excluding ortho intramolecular Hbond substituents is 1. The van der Waals surface area contributed by atoms with Gasteiger partial charge in [-0.2, -0.15) is 0 Å². The molecular formula is C8H8F2N2O2. The second-order valence-corrected chi connectivity index (χ2v) is 2.46. The monoisotopic (exact) mass is 202 g/mol. The molecule has 0 atom stereocenters. The van der Waals surface area contributed by atoms with Gasteiger partial charge in [-0.15, -0.1) is 0 Å². The van der Waals surface area contributed by atoms with Gasteiger partial charge in [0.05, 0.1) is 5.56 Å². The van der Waals surface area contributed by atoms with Crippen LogP contribution in [0, 0.1) is 11.6 Å². The van der Waals surface area contributed by atoms with Crippen LogP contribution in [-0.2, 0) is 0 Å². The van der Waals surface area contributed by atoms with Crippen LogP contribution in [0.5, 0.6) is 5.75 Å². The fraction of sp³-hybridized carbons (Fsp3) is 0.125. The first-order valence-corrected chi connectivity index (χ1v) is 3.72. The van der Waals surface area contributed by atoms with E-state index in [1.54, 1.807) is 0 Å². The van der Waals surface area contributed by atoms with E-state index in [2.05, 4.69) is 10.9 Å². The second kappa shape index (κ2) is 4.01. The number of halogens is 2. The van der Waals surface area contributed by atoms with E-state index in [4.69, 9.17) is 5.11 Å². The first kappa shape index (κ1) is 10.4. The molecule has 14 heavy (non-hydrogen) atoms. The number of amides is 1. The minimum Gasteiger partial charge on any atom is -0.503 e. The molecule has 0 saturated carbocycles. The van der Waals surface area contributed by atoms with E-state index < -0.39 is 28.9 Å². The molecule has 0 fully saturated rings. The number of aromatic hydroxyl groups is 1. The maximum absolute atomic E-state index is 13.1. The fourth-order valence-corrected chi connectivity index (χ4v) is 0.897. The Hall–Kier alpha value is -1.69. The molecule has 0 unspecified atom stereocenters. The normalized spacial score (nSPS) is 9.93. The number of nitrogens with one attached hydrogen (secondary N) is 2. The van der Waals surface area contributed by atoms with E-state index >= 15 is 0 Å². The molecule has 0 aromatic heterocycles. The van der Waals surface area contributed by atoms with Crippen molar-refractivity contribution >= 4 is 5.91 Å². The second-order valence-electron chi connectivity index (χ2n) is 2.46. The molecule has 76 valence electrons. The van der Waals surface area contributed by atoms with Crippen LogP contribution in [0.4, 0.5) is 8.78 Å². The van der Waals surface area contributed by atoms with Crippen LogP contribution in [0.25, 0.3) is 0 Å². The summed E-state index contributed by atoms with van der Waals surface area (Å²) in [5, 5.41) is 8.85. The highest BCUT2D eigenvalue weighted by Gasteiger charge is 2.17. The van der Waals surface area contributed by atoms with Crippen molar-refractivity contribution in [2.75, 3.05) is 7.05 Å². The first-order valence-electron chi connectivity index (χ1n) is 3.72. The summed E-state index contributed by atoms with van der Waals surface area (Å²) in [4.78, 5) is 11.1. The minimum atomic E-state index is -1.28. The number of phenols is 1. The molecule has 0 bridgehead atoms. The SMILES string of the molecule is CNNC(=O)c1ccc(F)c(O)c1F. The van der Waals surface area contributed by atoms with Crippen molar-refractivity contribution in [2.24, 2.45) is 0 Å². The summed E-state index contributed by atoms with van der Waals surface area (Å²) in [5.74, 6) is -4.34. The summed E-state index contributed by atoms with van der Waals surface area (Å²) >= 11 is 0. The lowest BCUT2D eigenvalue weighted by atomic mass is 10.2. The maximum Gasteiger partial charge on any atom is 0.268 e. The van der Waals surface area contributed by atoms with Crippen LogP contribution in [0.1, 0.15) is 10.4 Å². The van der Waals surface area contributed by atoms with Crippen LogP contribution in [0.3, 0.4) is 0 Å². The molecule has 4 nitrogen and oxygen atoms in total. The number of carbonyl (C=O) groups is 1. The Morgan fingerprint density at radius 3 is 2.64 bits per heavy atom. The Bertz CT molecular complexity index is 369. The Labute approximate surface area is 78.5 Å². The highest BCUT2D eigenvalue weighted by atomic mass is 19.1. The predicted octanol–water partition coefficient (Wildman–Crippen LogP) is 0.535. The minimum absolute atomic E-state index is 0.432. The molecule has 0 heterocycles. The molecule has 0 aliphatic rings. The van der Waals surface area contributed by atoms with Gasteiger partial charge in [-0.25, -0.2) is 14.2 Å². The number of benzene rings is 1. The lowest BCUT2D eigenvalue weighted by molar-refractivity contribution is 0.0933. The van der Waals surface area contributed by atoms with Gasteiger partial charge in [0, 0.05) is 7.05 Å². The molecular weight excluding hydrogens is 194 g/mol. The Morgan fingerprint density at radius 2 is 2.07 bits per heavy atom. The van der Waals surface area contributed by atoms with Crippen molar-refractivity contribution in [1.82, 2.24) is 10.9 Å². The van der Waals surface area contributed by atoms with E-state index in [0.717, 1.165) is 12.1 Å². The average Bonchev–Trinajstić information content (AvgIpc) is 2.15. The fourth-order valence-electron chi connectivity index (χ4n) is 0.897. The lowest BCUT2D eigenvalue weighted by Crippen LogP contribution is -2.34. The standard InChI is InChI=1S/C8H8F2N2O2/c1-11-12-8(14)4-2-3-5(9)7(13)6(4)10/h2-3,11,13H,1H3,(H,12,14). The average molecular weight is 202 g/mol. The molecule has 1 aromatic rings. The molecule has 0 spiro atoms. The van der Waals surface area contributed by atoms with Gasteiger partial charge >= 0.3 is 0 Å². The van der Waals surface area contributed by atoms with Gasteiger partial charge in [0.25, 0.3) is 5.91 Å². The molecule has 6 heteroatoms. The molecule has 1 rings (SSSR count). The number of rotatable bonds is 2. The molecule has 1 aromatic carbocycles. The number of hydrogen-bond donors (Lipinski definition) is 3. The topological polar surface area (TPSA) is 61.4 Å². The molecule has 1 amide bonds. The molecule has 0 radical (unpaired) electrons. The molecule has 0 aliphatic carbocycles. The largest absolute Gasteiger partial charge is 0.503 e. The third-order valence-electron chi connectivity index (χ3n) is 1.55. The Kier molecular flexibility index (Phi) is 2.98. The zero-order valence-corrected chi connectivity index (χ0v) is 7.27. The van der Waals surface area contributed by atoms with Gasteiger partial charge in [0.15, 0.2) is 17.4 Å². The van der Waals surface area contributed by atoms with Gasteiger partial charge in [0.1, 0.15) is 0 Å². The summed E-state index contributed by atoms with van der Waals surface area (Å²) < 4.78 is 25.6. The summed E-state index contributed by atoms with van der Waals surface area (Å²) in [5.41, 5.74) is 3.94. The quantitative estimate of drug-likeness (QED) is 0.613. The number of hydrogen-bond acceptors (Lipinski definition) is 3. The van der Waals surface area contributed by atoms with Crippen molar-refractivity contribution in [2.45, 2.75) is 0 Å². The summed E-state index contributed by atoms with van der Waals surface area (Å²) in [6.45, 7) is 0. The van der Waals surface area contributed by atoms with Gasteiger partial charge < -0.3 is 5.11 Å². The number of hydrazine groups is 1. The lowest BCUT2D eigenvalue weighted by Gasteiger charge is -2.05. The summed E-state index contributed by atoms with van der Waals surface area (Å²) in [7, 11) is 1.42. The predicted molar refractivity (Wildman–Crippen MR) is 44.5 cm³/mol. The number of carbonyl (C=O) groups excluding carboxylic acids is 1. The van der Waals surface area contributed by atoms with Crippen LogP contribution in [0.15, 0.2) is 12.1 Å². The summed E-state index contributed by atoms with van der Waals surface area (Å²) in [6.07, 6.45) is 0. The van der Waals surface area contributed by atoms with Crippen molar-refractivity contribution in [3.8, 4) is 5.75 Å². The van der Waals surface area contributed by atoms with Gasteiger partial charge in [-0.3, -0.25) is 10.2 Å². The smallest absolute Gasteiger partial charge is 0.268 e. The highest BCUT2D eigenvalue weighted by Crippen LogP contribution is 2.22. The van der Waals surface area contributed by atoms with Crippen molar-refractivity contribution < 1.29 is 18.7 Å². The van der Waals surface area contributed by atoms with Gasteiger partial charge in [-0.1, -0.05) is 0 Å². The third kappa shape index (κ3) is 1.80. The van der Waals surface area contributed by atoms with Crippen molar-refractivity contribution in [3.63, 3.8) is 0 Å². The van der Waals surface area contributed by atoms with Crippen LogP contribution < -0.4 is 10.9 Å². The van der Waals surface area contributed by atoms with Gasteiger partial charge in [-0.05, 0) is 12.1 Å². The zero-order chi connectivity index (χ0) is 10.7. The van der Waals surface area contributed by atoms with Gasteiger partial charge in [0.2, 0.25) is 0 Å². The Morgan fingerprint density at radius 1 is 1.43 bits per heavy atom. The van der Waals surface area contributed by atoms with E-state index in [1.165, 1.54) is 7.05 Å². The summed E-state index contributed by atoms with van der Waals surface area (Å²) in [6, 6.07) is 1.75. The van der Waals surface area contributed by atoms with E-state index in [1.807, 2.05) is 0 Å². The van der Waals surface area contributed by atoms with E-state index in [-0.39, 0.29) is 0 Å². The van der Waals surface area contributed by atoms with Crippen LogP contribution in [-0.4, -0.2) is 18.1 Å². The van der Waals surface area contributed by atoms with Crippen molar-refractivity contribution in [3.05, 3.63) is 29.3 Å². The van der Waals surface area contributed by atoms with Crippen LogP contribution >= 0.6 is 0 Å². The maximum atomic E-state index is 13.1. The Balaban J connectivity index is 3.11. The van der Waals surface area contributed by atoms with E-state index in [9.17, 15) is 13.6 Å². The third-order valence-corrected chi connectivity index (χ3v) is 1.55.